The van der Waals surface area contributed by atoms with E-state index in [1.165, 1.54) is 0 Å². The lowest BCUT2D eigenvalue weighted by molar-refractivity contribution is -0.119. The molecule has 1 aromatic heterocycles. The Bertz CT molecular complexity index is 737. The van der Waals surface area contributed by atoms with Gasteiger partial charge >= 0.3 is 0 Å². The highest BCUT2D eigenvalue weighted by Crippen LogP contribution is 2.33. The Morgan fingerprint density at radius 2 is 1.33 bits per heavy atom. The number of hydrogen-bond donors (Lipinski definition) is 1. The minimum atomic E-state index is -0.792. The van der Waals surface area contributed by atoms with Crippen LogP contribution in [0.4, 0.5) is 5.82 Å². The Morgan fingerprint density at radius 1 is 0.833 bits per heavy atom. The summed E-state index contributed by atoms with van der Waals surface area (Å²) in [5.74, 6) is 0.448. The Kier molecular flexibility index (Phi) is 5.72. The summed E-state index contributed by atoms with van der Waals surface area (Å²) in [6, 6.07) is 25.1. The zero-order chi connectivity index (χ0) is 16.1. The van der Waals surface area contributed by atoms with Gasteiger partial charge in [-0.3, -0.25) is 4.79 Å². The van der Waals surface area contributed by atoms with Crippen LogP contribution in [0.25, 0.3) is 0 Å². The molecular weight excluding hydrogens is 320 g/mol. The van der Waals surface area contributed by atoms with Crippen LogP contribution in [0.3, 0.4) is 0 Å². The van der Waals surface area contributed by atoms with Crippen molar-refractivity contribution in [3.63, 3.8) is 0 Å². The zero-order valence-electron chi connectivity index (χ0n) is 13.3. The summed E-state index contributed by atoms with van der Waals surface area (Å²) in [6.07, 6.45) is 1.66. The largest absolute Gasteiger partial charge is 1.00 e. The van der Waals surface area contributed by atoms with Crippen LogP contribution < -0.4 is 17.7 Å². The molecule has 3 aromatic rings. The maximum absolute atomic E-state index is 13.1. The van der Waals surface area contributed by atoms with E-state index in [0.717, 1.165) is 11.1 Å². The number of halogens is 1. The van der Waals surface area contributed by atoms with Crippen molar-refractivity contribution >= 4 is 11.7 Å². The third-order valence-corrected chi connectivity index (χ3v) is 4.06. The average Bonchev–Trinajstić information content (AvgIpc) is 2.63. The van der Waals surface area contributed by atoms with Gasteiger partial charge in [-0.15, -0.1) is 0 Å². The second-order valence-electron chi connectivity index (χ2n) is 5.53. The molecular formula is C20H18ClN2O-. The van der Waals surface area contributed by atoms with Crippen molar-refractivity contribution in [2.75, 3.05) is 5.32 Å². The maximum atomic E-state index is 13.1. The maximum Gasteiger partial charge on any atom is 0.240 e. The SMILES string of the molecule is CC(C(=O)Nc1ccccn1)(c1ccccc1)c1ccccc1.[Cl-]. The fraction of sp³-hybridized carbons (Fsp3) is 0.100. The lowest BCUT2D eigenvalue weighted by Crippen LogP contribution is -3.00. The summed E-state index contributed by atoms with van der Waals surface area (Å²) in [7, 11) is 0. The van der Waals surface area contributed by atoms with E-state index >= 15 is 0 Å². The van der Waals surface area contributed by atoms with E-state index in [4.69, 9.17) is 0 Å². The van der Waals surface area contributed by atoms with E-state index in [0.29, 0.717) is 5.82 Å². The average molecular weight is 338 g/mol. The number of pyridine rings is 1. The number of rotatable bonds is 4. The molecule has 2 aromatic carbocycles. The lowest BCUT2D eigenvalue weighted by atomic mass is 9.75. The van der Waals surface area contributed by atoms with Crippen molar-refractivity contribution in [3.8, 4) is 0 Å². The Morgan fingerprint density at radius 3 is 1.79 bits per heavy atom. The van der Waals surface area contributed by atoms with Gasteiger partial charge in [0.1, 0.15) is 5.82 Å². The van der Waals surface area contributed by atoms with Crippen molar-refractivity contribution in [2.45, 2.75) is 12.3 Å². The fourth-order valence-electron chi connectivity index (χ4n) is 2.65. The molecule has 0 saturated heterocycles. The molecule has 0 fully saturated rings. The number of anilines is 1. The van der Waals surface area contributed by atoms with Gasteiger partial charge < -0.3 is 17.7 Å². The summed E-state index contributed by atoms with van der Waals surface area (Å²) in [5.41, 5.74) is 1.10. The monoisotopic (exact) mass is 337 g/mol. The highest BCUT2D eigenvalue weighted by Gasteiger charge is 2.37. The second-order valence-corrected chi connectivity index (χ2v) is 5.53. The van der Waals surface area contributed by atoms with Crippen LogP contribution in [0.5, 0.6) is 0 Å². The third kappa shape index (κ3) is 3.47. The van der Waals surface area contributed by atoms with E-state index in [2.05, 4.69) is 10.3 Å². The van der Waals surface area contributed by atoms with Crippen molar-refractivity contribution in [3.05, 3.63) is 96.2 Å². The third-order valence-electron chi connectivity index (χ3n) is 4.06. The van der Waals surface area contributed by atoms with Crippen LogP contribution in [0.2, 0.25) is 0 Å². The Labute approximate surface area is 148 Å². The molecule has 0 unspecified atom stereocenters. The normalized spacial score (nSPS) is 10.5. The molecule has 1 N–H and O–H groups in total. The number of amides is 1. The molecule has 0 radical (unpaired) electrons. The van der Waals surface area contributed by atoms with Gasteiger partial charge in [-0.1, -0.05) is 66.7 Å². The van der Waals surface area contributed by atoms with Crippen molar-refractivity contribution in [1.82, 2.24) is 4.98 Å². The molecule has 24 heavy (non-hydrogen) atoms. The standard InChI is InChI=1S/C20H18N2O.ClH/c1-20(16-10-4-2-5-11-16,17-12-6-3-7-13-17)19(23)22-18-14-8-9-15-21-18;/h2-15H,1H3,(H,21,22,23);1H/p-1. The van der Waals surface area contributed by atoms with Crippen molar-refractivity contribution in [2.24, 2.45) is 0 Å². The van der Waals surface area contributed by atoms with E-state index in [1.807, 2.05) is 79.7 Å². The quantitative estimate of drug-likeness (QED) is 0.772. The molecule has 0 aliphatic heterocycles. The zero-order valence-corrected chi connectivity index (χ0v) is 14.1. The van der Waals surface area contributed by atoms with Crippen LogP contribution in [-0.2, 0) is 10.2 Å². The number of carbonyl (C=O) groups is 1. The first-order valence-corrected chi connectivity index (χ1v) is 7.55. The number of nitrogens with zero attached hydrogens (tertiary/aromatic N) is 1. The first kappa shape index (κ1) is 17.7. The van der Waals surface area contributed by atoms with Crippen LogP contribution in [0.1, 0.15) is 18.1 Å². The van der Waals surface area contributed by atoms with Crippen LogP contribution >= 0.6 is 0 Å². The smallest absolute Gasteiger partial charge is 0.240 e. The number of aromatic nitrogens is 1. The van der Waals surface area contributed by atoms with Gasteiger partial charge in [0.05, 0.1) is 5.41 Å². The number of benzene rings is 2. The van der Waals surface area contributed by atoms with Gasteiger partial charge in [-0.2, -0.15) is 0 Å². The summed E-state index contributed by atoms with van der Waals surface area (Å²) in [4.78, 5) is 17.3. The number of nitrogens with one attached hydrogen (secondary N) is 1. The summed E-state index contributed by atoms with van der Waals surface area (Å²) < 4.78 is 0. The molecule has 1 heterocycles. The van der Waals surface area contributed by atoms with E-state index in [9.17, 15) is 4.79 Å². The predicted molar refractivity (Wildman–Crippen MR) is 92.2 cm³/mol. The van der Waals surface area contributed by atoms with E-state index in [-0.39, 0.29) is 18.3 Å². The predicted octanol–water partition coefficient (Wildman–Crippen LogP) is 1.03. The Hall–Kier alpha value is -2.65. The van der Waals surface area contributed by atoms with Gasteiger partial charge in [-0.05, 0) is 30.2 Å². The molecule has 0 bridgehead atoms. The lowest BCUT2D eigenvalue weighted by Gasteiger charge is -2.29. The van der Waals surface area contributed by atoms with Crippen molar-refractivity contribution in [1.29, 1.82) is 0 Å². The van der Waals surface area contributed by atoms with Gasteiger partial charge in [0.25, 0.3) is 0 Å². The highest BCUT2D eigenvalue weighted by molar-refractivity contribution is 6.01. The van der Waals surface area contributed by atoms with Crippen molar-refractivity contribution < 1.29 is 17.2 Å². The summed E-state index contributed by atoms with van der Waals surface area (Å²) >= 11 is 0. The fourth-order valence-corrected chi connectivity index (χ4v) is 2.65. The minimum Gasteiger partial charge on any atom is -1.00 e. The molecule has 0 saturated carbocycles. The molecule has 0 atom stereocenters. The molecule has 3 rings (SSSR count). The number of carbonyl (C=O) groups excluding carboxylic acids is 1. The first-order chi connectivity index (χ1) is 11.2. The number of hydrogen-bond acceptors (Lipinski definition) is 2. The molecule has 3 nitrogen and oxygen atoms in total. The molecule has 0 spiro atoms. The first-order valence-electron chi connectivity index (χ1n) is 7.55. The van der Waals surface area contributed by atoms with E-state index < -0.39 is 5.41 Å². The molecule has 0 aliphatic carbocycles. The van der Waals surface area contributed by atoms with Gasteiger partial charge in [0.2, 0.25) is 5.91 Å². The van der Waals surface area contributed by atoms with Crippen LogP contribution in [0, 0.1) is 0 Å². The summed E-state index contributed by atoms with van der Waals surface area (Å²) in [6.45, 7) is 1.94. The molecule has 4 heteroatoms. The van der Waals surface area contributed by atoms with Gasteiger partial charge in [0.15, 0.2) is 0 Å². The highest BCUT2D eigenvalue weighted by atomic mass is 35.5. The van der Waals surface area contributed by atoms with Gasteiger partial charge in [-0.25, -0.2) is 4.98 Å². The van der Waals surface area contributed by atoms with Crippen LogP contribution in [-0.4, -0.2) is 10.9 Å². The molecule has 122 valence electrons. The topological polar surface area (TPSA) is 42.0 Å². The molecule has 1 amide bonds. The Balaban J connectivity index is 0.00000208. The summed E-state index contributed by atoms with van der Waals surface area (Å²) in [5, 5.41) is 2.93. The minimum absolute atomic E-state index is 0. The van der Waals surface area contributed by atoms with E-state index in [1.54, 1.807) is 12.3 Å². The van der Waals surface area contributed by atoms with Gasteiger partial charge in [0, 0.05) is 6.20 Å². The second kappa shape index (κ2) is 7.75. The molecule has 0 aliphatic rings. The van der Waals surface area contributed by atoms with Crippen LogP contribution in [0.15, 0.2) is 85.1 Å².